The number of hydrogen-bond acceptors (Lipinski definition) is 2. The Labute approximate surface area is 110 Å². The molecule has 0 bridgehead atoms. The Kier molecular flexibility index (Phi) is 5.78. The number of thioether (sulfide) groups is 1. The van der Waals surface area contributed by atoms with Crippen molar-refractivity contribution >= 4 is 17.5 Å². The molecule has 0 aromatic heterocycles. The Morgan fingerprint density at radius 2 is 2.06 bits per heavy atom. The lowest BCUT2D eigenvalue weighted by molar-refractivity contribution is -0.120. The van der Waals surface area contributed by atoms with Crippen LogP contribution in [0.25, 0.3) is 0 Å². The molecule has 17 heavy (non-hydrogen) atoms. The second-order valence-electron chi connectivity index (χ2n) is 5.70. The van der Waals surface area contributed by atoms with Crippen LogP contribution in [-0.4, -0.2) is 16.8 Å². The van der Waals surface area contributed by atoms with Crippen molar-refractivity contribution in [1.82, 2.24) is 0 Å². The van der Waals surface area contributed by atoms with E-state index in [1.165, 1.54) is 5.75 Å². The maximum Gasteiger partial charge on any atom is 0.132 e. The van der Waals surface area contributed by atoms with E-state index in [1.54, 1.807) is 6.92 Å². The molecule has 1 saturated carbocycles. The maximum atomic E-state index is 11.5. The summed E-state index contributed by atoms with van der Waals surface area (Å²) in [5.74, 6) is 3.75. The molecule has 1 aliphatic carbocycles. The molecule has 1 fully saturated rings. The van der Waals surface area contributed by atoms with Gasteiger partial charge in [-0.05, 0) is 48.5 Å². The molecule has 0 radical (unpaired) electrons. The molecule has 0 N–H and O–H groups in total. The van der Waals surface area contributed by atoms with Crippen LogP contribution in [0.5, 0.6) is 0 Å². The van der Waals surface area contributed by atoms with Crippen LogP contribution < -0.4 is 0 Å². The van der Waals surface area contributed by atoms with E-state index in [0.29, 0.717) is 28.8 Å². The molecular weight excluding hydrogens is 228 g/mol. The number of carbonyl (C=O) groups is 1. The second kappa shape index (κ2) is 6.63. The summed E-state index contributed by atoms with van der Waals surface area (Å²) in [4.78, 5) is 11.5. The van der Waals surface area contributed by atoms with E-state index < -0.39 is 0 Å². The van der Waals surface area contributed by atoms with Gasteiger partial charge in [0, 0.05) is 5.92 Å². The normalized spacial score (nSPS) is 30.5. The Hall–Kier alpha value is -0.240. The molecule has 0 spiro atoms. The molecule has 1 rings (SSSR count). The minimum absolute atomic E-state index is 0.287. The number of carbonyl (C=O) groups excluding carboxylic acids is 1. The number of hydrogen-bond donors (Lipinski definition) is 0. The summed E-state index contributed by atoms with van der Waals surface area (Å²) in [6.45, 7) is 12.5. The van der Waals surface area contributed by atoms with Crippen LogP contribution in [0.4, 0.5) is 0 Å². The van der Waals surface area contributed by atoms with Crippen molar-refractivity contribution in [3.8, 4) is 0 Å². The van der Waals surface area contributed by atoms with E-state index in [-0.39, 0.29) is 5.92 Å². The zero-order chi connectivity index (χ0) is 13.0. The number of Topliss-reactive ketones (excluding diaryl/α,β-unsaturated/α-hetero) is 1. The highest BCUT2D eigenvalue weighted by atomic mass is 32.2. The van der Waals surface area contributed by atoms with Crippen molar-refractivity contribution in [1.29, 1.82) is 0 Å². The van der Waals surface area contributed by atoms with Crippen LogP contribution in [-0.2, 0) is 4.79 Å². The molecule has 0 aromatic rings. The zero-order valence-electron chi connectivity index (χ0n) is 11.6. The molecular formula is C15H26OS. The summed E-state index contributed by atoms with van der Waals surface area (Å²) >= 11 is 2.03. The summed E-state index contributed by atoms with van der Waals surface area (Å²) in [5.41, 5.74) is 0. The summed E-state index contributed by atoms with van der Waals surface area (Å²) in [5, 5.41) is 0.699. The average molecular weight is 254 g/mol. The Balaban J connectivity index is 2.56. The van der Waals surface area contributed by atoms with Gasteiger partial charge < -0.3 is 0 Å². The lowest BCUT2D eigenvalue weighted by Gasteiger charge is -2.24. The van der Waals surface area contributed by atoms with Gasteiger partial charge in [-0.2, -0.15) is 11.8 Å². The third-order valence-corrected chi connectivity index (χ3v) is 5.35. The fourth-order valence-electron chi connectivity index (χ4n) is 2.83. The Morgan fingerprint density at radius 1 is 1.41 bits per heavy atom. The molecule has 98 valence electrons. The van der Waals surface area contributed by atoms with Crippen molar-refractivity contribution < 1.29 is 4.79 Å². The molecule has 2 heteroatoms. The Morgan fingerprint density at radius 3 is 2.53 bits per heavy atom. The Bertz CT molecular complexity index is 272. The first-order valence-electron chi connectivity index (χ1n) is 6.70. The molecule has 0 amide bonds. The predicted octanol–water partition coefficient (Wildman–Crippen LogP) is 4.18. The van der Waals surface area contributed by atoms with Gasteiger partial charge in [0.2, 0.25) is 0 Å². The van der Waals surface area contributed by atoms with Crippen molar-refractivity contribution in [2.45, 2.75) is 45.8 Å². The first kappa shape index (κ1) is 14.8. The van der Waals surface area contributed by atoms with Gasteiger partial charge in [0.25, 0.3) is 0 Å². The summed E-state index contributed by atoms with van der Waals surface area (Å²) < 4.78 is 0. The lowest BCUT2D eigenvalue weighted by Crippen LogP contribution is -2.18. The quantitative estimate of drug-likeness (QED) is 0.661. The summed E-state index contributed by atoms with van der Waals surface area (Å²) in [6, 6.07) is 0. The fourth-order valence-corrected chi connectivity index (χ4v) is 3.76. The second-order valence-corrected chi connectivity index (χ2v) is 7.31. The highest BCUT2D eigenvalue weighted by molar-refractivity contribution is 7.99. The van der Waals surface area contributed by atoms with Crippen LogP contribution >= 0.6 is 11.8 Å². The van der Waals surface area contributed by atoms with Gasteiger partial charge in [-0.15, -0.1) is 6.58 Å². The van der Waals surface area contributed by atoms with Gasteiger partial charge >= 0.3 is 0 Å². The van der Waals surface area contributed by atoms with Crippen molar-refractivity contribution in [2.75, 3.05) is 5.75 Å². The third-order valence-electron chi connectivity index (χ3n) is 3.96. The van der Waals surface area contributed by atoms with Gasteiger partial charge in [-0.3, -0.25) is 4.79 Å². The topological polar surface area (TPSA) is 17.1 Å². The van der Waals surface area contributed by atoms with Gasteiger partial charge in [-0.1, -0.05) is 26.8 Å². The highest BCUT2D eigenvalue weighted by Crippen LogP contribution is 2.42. The van der Waals surface area contributed by atoms with Crippen LogP contribution in [0.2, 0.25) is 0 Å². The molecule has 0 aromatic carbocycles. The number of allylic oxidation sites excluding steroid dienone is 1. The van der Waals surface area contributed by atoms with E-state index in [9.17, 15) is 4.79 Å². The van der Waals surface area contributed by atoms with E-state index in [2.05, 4.69) is 33.4 Å². The van der Waals surface area contributed by atoms with Crippen molar-refractivity contribution in [3.05, 3.63) is 12.7 Å². The largest absolute Gasteiger partial charge is 0.300 e. The first-order valence-corrected chi connectivity index (χ1v) is 7.75. The van der Waals surface area contributed by atoms with E-state index in [0.717, 1.165) is 12.8 Å². The van der Waals surface area contributed by atoms with Crippen LogP contribution in [0.1, 0.15) is 40.5 Å². The standard InChI is InChI=1S/C15H26OS/c1-6-13-7-14(12(5)16)8-15(13)11(4)9-17-10(2)3/h6,10-11,13-15H,1,7-9H2,2-5H3. The average Bonchev–Trinajstić information content (AvgIpc) is 2.69. The lowest BCUT2D eigenvalue weighted by atomic mass is 9.86. The molecule has 1 nitrogen and oxygen atoms in total. The predicted molar refractivity (Wildman–Crippen MR) is 77.3 cm³/mol. The fraction of sp³-hybridized carbons (Fsp3) is 0.800. The number of ketones is 1. The minimum Gasteiger partial charge on any atom is -0.300 e. The molecule has 4 unspecified atom stereocenters. The smallest absolute Gasteiger partial charge is 0.132 e. The SMILES string of the molecule is C=CC1CC(C(C)=O)CC1C(C)CSC(C)C. The number of rotatable bonds is 6. The maximum absolute atomic E-state index is 11.5. The van der Waals surface area contributed by atoms with Crippen molar-refractivity contribution in [2.24, 2.45) is 23.7 Å². The summed E-state index contributed by atoms with van der Waals surface area (Å²) in [7, 11) is 0. The molecule has 0 aliphatic heterocycles. The highest BCUT2D eigenvalue weighted by Gasteiger charge is 2.37. The van der Waals surface area contributed by atoms with Gasteiger partial charge in [0.05, 0.1) is 0 Å². The van der Waals surface area contributed by atoms with Crippen molar-refractivity contribution in [3.63, 3.8) is 0 Å². The molecule has 0 saturated heterocycles. The zero-order valence-corrected chi connectivity index (χ0v) is 12.4. The van der Waals surface area contributed by atoms with Gasteiger partial charge in [0.1, 0.15) is 5.78 Å². The van der Waals surface area contributed by atoms with E-state index in [1.807, 2.05) is 11.8 Å². The van der Waals surface area contributed by atoms with Crippen LogP contribution in [0.3, 0.4) is 0 Å². The first-order chi connectivity index (χ1) is 7.95. The summed E-state index contributed by atoms with van der Waals surface area (Å²) in [6.07, 6.45) is 4.18. The van der Waals surface area contributed by atoms with Gasteiger partial charge in [-0.25, -0.2) is 0 Å². The van der Waals surface area contributed by atoms with E-state index >= 15 is 0 Å². The van der Waals surface area contributed by atoms with Gasteiger partial charge in [0.15, 0.2) is 0 Å². The van der Waals surface area contributed by atoms with Crippen LogP contribution in [0, 0.1) is 23.7 Å². The third kappa shape index (κ3) is 4.17. The molecule has 0 heterocycles. The van der Waals surface area contributed by atoms with Crippen LogP contribution in [0.15, 0.2) is 12.7 Å². The molecule has 4 atom stereocenters. The monoisotopic (exact) mass is 254 g/mol. The van der Waals surface area contributed by atoms with E-state index in [4.69, 9.17) is 0 Å². The molecule has 1 aliphatic rings. The minimum atomic E-state index is 0.287.